The number of sulfonamides is 1. The summed E-state index contributed by atoms with van der Waals surface area (Å²) < 4.78 is 48.0. The van der Waals surface area contributed by atoms with E-state index in [0.29, 0.717) is 50.8 Å². The zero-order valence-corrected chi connectivity index (χ0v) is 31.9. The summed E-state index contributed by atoms with van der Waals surface area (Å²) in [5.41, 5.74) is 5.84. The van der Waals surface area contributed by atoms with Crippen LogP contribution < -0.4 is 14.8 Å². The van der Waals surface area contributed by atoms with Crippen LogP contribution in [-0.2, 0) is 35.6 Å². The number of carbonyl (C=O) groups excluding carboxylic acids is 2. The third kappa shape index (κ3) is 5.42. The number of hydrogen-bond acceptors (Lipinski definition) is 8. The van der Waals surface area contributed by atoms with Gasteiger partial charge in [-0.05, 0) is 73.4 Å². The molecule has 2 N–H and O–H groups in total. The highest BCUT2D eigenvalue weighted by Gasteiger charge is 2.62. The van der Waals surface area contributed by atoms with Crippen LogP contribution in [-0.4, -0.2) is 95.7 Å². The quantitative estimate of drug-likeness (QED) is 0.365. The minimum Gasteiger partial charge on any atom is -0.496 e. The van der Waals surface area contributed by atoms with Gasteiger partial charge in [0.2, 0.25) is 15.9 Å². The van der Waals surface area contributed by atoms with E-state index in [1.807, 2.05) is 4.90 Å². The number of rotatable bonds is 10. The Morgan fingerprint density at radius 3 is 2.35 bits per heavy atom. The van der Waals surface area contributed by atoms with Gasteiger partial charge < -0.3 is 29.0 Å². The Labute approximate surface area is 306 Å². The normalized spacial score (nSPS) is 28.5. The molecular weight excluding hydrogens is 681 g/mol. The number of allylic oxidation sites excluding steroid dienone is 4. The molecule has 4 heterocycles. The summed E-state index contributed by atoms with van der Waals surface area (Å²) in [5, 5.41) is 3.83. The molecule has 2 aromatic rings. The van der Waals surface area contributed by atoms with Gasteiger partial charge in [-0.2, -0.15) is 0 Å². The maximum absolute atomic E-state index is 15.1. The van der Waals surface area contributed by atoms with E-state index in [-0.39, 0.29) is 22.7 Å². The topological polar surface area (TPSA) is 128 Å². The summed E-state index contributed by atoms with van der Waals surface area (Å²) in [4.78, 5) is 31.0. The summed E-state index contributed by atoms with van der Waals surface area (Å²) in [7, 11) is 1.30. The Morgan fingerprint density at radius 1 is 1.02 bits per heavy atom. The summed E-state index contributed by atoms with van der Waals surface area (Å²) in [6.45, 7) is 7.24. The number of nitrogens with zero attached hydrogens (tertiary/aromatic N) is 2. The molecule has 52 heavy (non-hydrogen) atoms. The molecule has 3 aliphatic heterocycles. The molecular formula is C40H52N4O7S. The molecule has 0 spiro atoms. The third-order valence-electron chi connectivity index (χ3n) is 13.1. The van der Waals surface area contributed by atoms with Crippen molar-refractivity contribution in [1.82, 2.24) is 19.5 Å². The first-order valence-corrected chi connectivity index (χ1v) is 20.4. The minimum absolute atomic E-state index is 0.0848. The van der Waals surface area contributed by atoms with E-state index in [2.05, 4.69) is 45.0 Å². The van der Waals surface area contributed by atoms with E-state index in [9.17, 15) is 13.2 Å². The lowest BCUT2D eigenvalue weighted by molar-refractivity contribution is -0.135. The Morgan fingerprint density at radius 2 is 1.71 bits per heavy atom. The molecule has 1 unspecified atom stereocenters. The van der Waals surface area contributed by atoms with Gasteiger partial charge in [-0.1, -0.05) is 37.5 Å². The van der Waals surface area contributed by atoms with Crippen LogP contribution in [0.3, 0.4) is 0 Å². The second-order valence-electron chi connectivity index (χ2n) is 16.3. The third-order valence-corrected chi connectivity index (χ3v) is 14.8. The zero-order valence-electron chi connectivity index (χ0n) is 31.0. The van der Waals surface area contributed by atoms with Crippen molar-refractivity contribution in [2.75, 3.05) is 60.7 Å². The van der Waals surface area contributed by atoms with Gasteiger partial charge in [0.15, 0.2) is 0 Å². The minimum atomic E-state index is -3.85. The molecule has 6 aliphatic rings. The van der Waals surface area contributed by atoms with Crippen molar-refractivity contribution in [3.8, 4) is 5.75 Å². The number of methoxy groups -OCH3 is 3. The number of aromatic nitrogens is 1. The highest BCUT2D eigenvalue weighted by Crippen LogP contribution is 2.56. The fraction of sp³-hybridized carbons (Fsp3) is 0.600. The van der Waals surface area contributed by atoms with Gasteiger partial charge in [-0.15, -0.1) is 0 Å². The number of ether oxygens (including phenoxy) is 3. The van der Waals surface area contributed by atoms with E-state index >= 15 is 4.79 Å². The Balaban J connectivity index is 1.27. The zero-order chi connectivity index (χ0) is 36.6. The van der Waals surface area contributed by atoms with E-state index in [1.54, 1.807) is 35.2 Å². The number of benzene rings is 1. The molecule has 280 valence electrons. The van der Waals surface area contributed by atoms with Crippen LogP contribution in [0.4, 0.5) is 0 Å². The van der Waals surface area contributed by atoms with Crippen molar-refractivity contribution in [2.45, 2.75) is 76.0 Å². The van der Waals surface area contributed by atoms with Crippen molar-refractivity contribution in [1.29, 1.82) is 0 Å². The van der Waals surface area contributed by atoms with Crippen LogP contribution in [0, 0.1) is 16.7 Å². The molecule has 3 aliphatic carbocycles. The van der Waals surface area contributed by atoms with Gasteiger partial charge in [0.05, 0.1) is 42.6 Å². The molecule has 2 saturated heterocycles. The number of likely N-dealkylation sites (tertiary alicyclic amines) is 1. The fourth-order valence-corrected chi connectivity index (χ4v) is 11.0. The highest BCUT2D eigenvalue weighted by molar-refractivity contribution is 7.90. The van der Waals surface area contributed by atoms with Crippen LogP contribution in [0.25, 0.3) is 10.9 Å². The highest BCUT2D eigenvalue weighted by atomic mass is 32.2. The first-order valence-electron chi connectivity index (χ1n) is 18.9. The summed E-state index contributed by atoms with van der Waals surface area (Å²) >= 11 is 0. The summed E-state index contributed by atoms with van der Waals surface area (Å²) in [6.07, 6.45) is 10.5. The van der Waals surface area contributed by atoms with Crippen LogP contribution in [0.5, 0.6) is 5.75 Å². The smallest absolute Gasteiger partial charge is 0.265 e. The maximum atomic E-state index is 15.1. The molecule has 11 nitrogen and oxygen atoms in total. The summed E-state index contributed by atoms with van der Waals surface area (Å²) in [5.74, 6) is -0.0957. The fourth-order valence-electron chi connectivity index (χ4n) is 10.4. The number of nitrogens with one attached hydrogen (secondary N) is 2. The number of fused-ring (bicyclic) bond motifs is 7. The lowest BCUT2D eigenvalue weighted by Crippen LogP contribution is -2.46. The van der Waals surface area contributed by atoms with E-state index in [1.165, 1.54) is 24.8 Å². The van der Waals surface area contributed by atoms with E-state index in [4.69, 9.17) is 14.2 Å². The van der Waals surface area contributed by atoms with Crippen molar-refractivity contribution < 1.29 is 32.2 Å². The molecule has 4 atom stereocenters. The predicted octanol–water partition coefficient (Wildman–Crippen LogP) is 4.54. The van der Waals surface area contributed by atoms with Gasteiger partial charge in [0.25, 0.3) is 5.91 Å². The first kappa shape index (κ1) is 35.6. The van der Waals surface area contributed by atoms with E-state index in [0.717, 1.165) is 65.0 Å². The van der Waals surface area contributed by atoms with Gasteiger partial charge >= 0.3 is 0 Å². The second kappa shape index (κ2) is 13.1. The molecule has 3 fully saturated rings. The molecule has 12 heteroatoms. The monoisotopic (exact) mass is 732 g/mol. The number of carbonyl (C=O) groups is 2. The standard InChI is InChI=1S/C40H52N4O7S/c1-24(2)52(47,48)42-37(45)35-30-17-44-31(16-29-32(51-5)15-14-26(36(29)44)25-10-7-6-8-11-25)33-27(34(30)35)12-9-13-28(33)38(46)43-20-39(22-49-3)18-41-19-40(39,21-43)23-50-4/h9,12,14-16,24-25,28,33,41H,6-8,10-11,13,17-23H2,1-5H3,(H,42,45)/t28-,33?,39-,40+/m1/s1. The van der Waals surface area contributed by atoms with Gasteiger partial charge in [-0.25, -0.2) is 13.1 Å². The van der Waals surface area contributed by atoms with Crippen molar-refractivity contribution in [2.24, 2.45) is 16.7 Å². The van der Waals surface area contributed by atoms with Gasteiger partial charge in [0, 0.05) is 74.8 Å². The molecule has 1 aromatic carbocycles. The van der Waals surface area contributed by atoms with Crippen molar-refractivity contribution in [3.05, 3.63) is 63.9 Å². The molecule has 1 aromatic heterocycles. The molecule has 0 radical (unpaired) electrons. The second-order valence-corrected chi connectivity index (χ2v) is 18.5. The number of amides is 2. The van der Waals surface area contributed by atoms with Crippen LogP contribution >= 0.6 is 0 Å². The maximum Gasteiger partial charge on any atom is 0.265 e. The molecule has 2 amide bonds. The van der Waals surface area contributed by atoms with Gasteiger partial charge in [-0.3, -0.25) is 9.59 Å². The predicted molar refractivity (Wildman–Crippen MR) is 199 cm³/mol. The first-order chi connectivity index (χ1) is 25.0. The lowest BCUT2D eigenvalue weighted by atomic mass is 9.69. The Hall–Kier alpha value is -3.45. The largest absolute Gasteiger partial charge is 0.496 e. The Kier molecular flexibility index (Phi) is 8.99. The average molecular weight is 733 g/mol. The summed E-state index contributed by atoms with van der Waals surface area (Å²) in [6, 6.07) is 6.51. The Bertz CT molecular complexity index is 2000. The lowest BCUT2D eigenvalue weighted by Gasteiger charge is -2.36. The van der Waals surface area contributed by atoms with E-state index < -0.39 is 27.1 Å². The SMILES string of the molecule is COC[C@]12CNC[C@@]1(COC)CN(C(=O)[C@@H]1CC=CC3=C4C(=C4C(=O)NS(=O)(=O)C(C)C)Cn4c(cc5c(OC)ccc(C6CCCCC6)c54)C31)C2. The molecule has 1 saturated carbocycles. The molecule has 8 rings (SSSR count). The van der Waals surface area contributed by atoms with Crippen LogP contribution in [0.15, 0.2) is 52.6 Å². The van der Waals surface area contributed by atoms with Crippen LogP contribution in [0.1, 0.15) is 75.5 Å². The number of hydrogen-bond donors (Lipinski definition) is 2. The van der Waals surface area contributed by atoms with Crippen molar-refractivity contribution >= 4 is 32.7 Å². The van der Waals surface area contributed by atoms with Gasteiger partial charge in [0.1, 0.15) is 5.75 Å². The average Bonchev–Trinajstić information content (AvgIpc) is 3.45. The van der Waals surface area contributed by atoms with Crippen LogP contribution in [0.2, 0.25) is 0 Å². The molecule has 0 bridgehead atoms. The van der Waals surface area contributed by atoms with Crippen molar-refractivity contribution in [3.63, 3.8) is 0 Å².